The van der Waals surface area contributed by atoms with Crippen LogP contribution in [0.15, 0.2) is 42.5 Å². The molecule has 0 spiro atoms. The number of anilines is 1. The Morgan fingerprint density at radius 2 is 1.93 bits per heavy atom. The summed E-state index contributed by atoms with van der Waals surface area (Å²) >= 11 is 6.17. The molecule has 13 heteroatoms. The zero-order chi connectivity index (χ0) is 33.1. The summed E-state index contributed by atoms with van der Waals surface area (Å²) in [5.74, 6) is -0.551. The van der Waals surface area contributed by atoms with Crippen LogP contribution in [0.2, 0.25) is 5.02 Å². The number of piperazine rings is 1. The zero-order valence-corrected chi connectivity index (χ0v) is 27.8. The van der Waals surface area contributed by atoms with E-state index in [9.17, 15) is 18.0 Å². The summed E-state index contributed by atoms with van der Waals surface area (Å²) in [6.07, 6.45) is 2.30. The van der Waals surface area contributed by atoms with Crippen LogP contribution in [0, 0.1) is 18.3 Å². The first-order valence-corrected chi connectivity index (χ1v) is 17.8. The highest BCUT2D eigenvalue weighted by Crippen LogP contribution is 2.41. The van der Waals surface area contributed by atoms with E-state index < -0.39 is 39.3 Å². The van der Waals surface area contributed by atoms with E-state index in [4.69, 9.17) is 22.9 Å². The molecule has 3 aliphatic rings. The normalized spacial score (nSPS) is 25.8. The maximum absolute atomic E-state index is 15.3. The average molecular weight is 675 g/mol. The molecule has 2 N–H and O–H groups in total. The van der Waals surface area contributed by atoms with Gasteiger partial charge in [0, 0.05) is 54.5 Å². The van der Waals surface area contributed by atoms with Crippen LogP contribution in [0.4, 0.5) is 14.9 Å². The van der Waals surface area contributed by atoms with Crippen LogP contribution in [0.1, 0.15) is 50.2 Å². The van der Waals surface area contributed by atoms with Crippen molar-refractivity contribution in [3.8, 4) is 6.57 Å². The lowest BCUT2D eigenvalue weighted by atomic mass is 9.67. The molecule has 2 aromatic rings. The van der Waals surface area contributed by atoms with Crippen LogP contribution in [0.5, 0.6) is 0 Å². The lowest BCUT2D eigenvalue weighted by Crippen LogP contribution is -2.58. The molecule has 5 atom stereocenters. The van der Waals surface area contributed by atoms with Crippen molar-refractivity contribution in [2.45, 2.75) is 69.0 Å². The number of piperidine rings is 1. The van der Waals surface area contributed by atoms with Crippen LogP contribution in [-0.4, -0.2) is 86.8 Å². The second-order valence-corrected chi connectivity index (χ2v) is 15.1. The molecular weight excluding hydrogens is 633 g/mol. The van der Waals surface area contributed by atoms with Crippen molar-refractivity contribution in [2.75, 3.05) is 44.4 Å². The molecule has 3 aliphatic heterocycles. The van der Waals surface area contributed by atoms with Crippen LogP contribution < -0.4 is 10.6 Å². The third kappa shape index (κ3) is 7.03. The minimum Gasteiger partial charge on any atom is -0.453 e. The van der Waals surface area contributed by atoms with Gasteiger partial charge in [0.05, 0.1) is 18.3 Å². The third-order valence-corrected chi connectivity index (χ3v) is 12.2. The number of amides is 2. The van der Waals surface area contributed by atoms with Crippen molar-refractivity contribution in [3.05, 3.63) is 69.3 Å². The molecule has 5 rings (SSSR count). The molecule has 0 saturated carbocycles. The van der Waals surface area contributed by atoms with Gasteiger partial charge in [0.15, 0.2) is 0 Å². The Labute approximate surface area is 275 Å². The molecule has 2 amide bonds. The first-order chi connectivity index (χ1) is 22.0. The summed E-state index contributed by atoms with van der Waals surface area (Å²) in [7, 11) is -2.04. The van der Waals surface area contributed by atoms with Gasteiger partial charge >= 0.3 is 18.0 Å². The molecule has 46 heavy (non-hydrogen) atoms. The summed E-state index contributed by atoms with van der Waals surface area (Å²) in [6, 6.07) is 10.5. The van der Waals surface area contributed by atoms with Gasteiger partial charge in [0.25, 0.3) is 6.57 Å². The molecule has 2 aromatic carbocycles. The van der Waals surface area contributed by atoms with Crippen LogP contribution >= 0.6 is 11.6 Å². The molecular formula is C33H42ClFN5O5S+. The van der Waals surface area contributed by atoms with Crippen LogP contribution in [0.3, 0.4) is 0 Å². The van der Waals surface area contributed by atoms with E-state index in [-0.39, 0.29) is 23.8 Å². The van der Waals surface area contributed by atoms with E-state index in [1.54, 1.807) is 27.4 Å². The lowest BCUT2D eigenvalue weighted by molar-refractivity contribution is -0.118. The van der Waals surface area contributed by atoms with Gasteiger partial charge in [-0.2, -0.15) is 4.31 Å². The second-order valence-electron chi connectivity index (χ2n) is 12.6. The number of carbonyl (C=O) groups is 2. The van der Waals surface area contributed by atoms with Crippen molar-refractivity contribution < 1.29 is 27.1 Å². The van der Waals surface area contributed by atoms with E-state index >= 15 is 4.39 Å². The summed E-state index contributed by atoms with van der Waals surface area (Å²) in [5, 5.41) is 6.95. The van der Waals surface area contributed by atoms with Crippen molar-refractivity contribution in [2.24, 2.45) is 5.92 Å². The molecule has 10 nitrogen and oxygen atoms in total. The number of fused-ring (bicyclic) bond motifs is 2. The number of ether oxygens (including phenoxy) is 1. The van der Waals surface area contributed by atoms with Gasteiger partial charge in [-0.3, -0.25) is 4.79 Å². The summed E-state index contributed by atoms with van der Waals surface area (Å²) < 4.78 is 47.8. The maximum Gasteiger partial charge on any atom is 0.409 e. The van der Waals surface area contributed by atoms with E-state index in [2.05, 4.69) is 22.4 Å². The first kappa shape index (κ1) is 34.1. The number of likely N-dealkylation sites (tertiary alicyclic amines) is 1. The predicted molar refractivity (Wildman–Crippen MR) is 176 cm³/mol. The highest BCUT2D eigenvalue weighted by molar-refractivity contribution is 7.89. The SMILES string of the molecule is C#[N+]C(C(=O)Nc1cccc(F)c1CCCC1CNC2CN1S(=O)(=O)CCC2C)C1(c2ccc(Cl)cc2)CCN(C(=O)OC)CC1. The Kier molecular flexibility index (Phi) is 10.6. The van der Waals surface area contributed by atoms with Crippen molar-refractivity contribution in [3.63, 3.8) is 0 Å². The molecule has 0 radical (unpaired) electrons. The monoisotopic (exact) mass is 674 g/mol. The van der Waals surface area contributed by atoms with Crippen molar-refractivity contribution in [1.82, 2.24) is 14.5 Å². The Morgan fingerprint density at radius 1 is 1.22 bits per heavy atom. The van der Waals surface area contributed by atoms with E-state index in [0.29, 0.717) is 81.0 Å². The average Bonchev–Trinajstić information content (AvgIpc) is 3.13. The molecule has 5 unspecified atom stereocenters. The summed E-state index contributed by atoms with van der Waals surface area (Å²) in [6.45, 7) is 9.67. The Morgan fingerprint density at radius 3 is 2.61 bits per heavy atom. The number of sulfonamides is 1. The lowest BCUT2D eigenvalue weighted by Gasteiger charge is -2.40. The fraction of sp³-hybridized carbons (Fsp3) is 0.545. The molecule has 0 aromatic heterocycles. The number of carbonyl (C=O) groups excluding carboxylic acids is 2. The molecule has 0 aliphatic carbocycles. The second kappa shape index (κ2) is 14.3. The maximum atomic E-state index is 15.3. The number of methoxy groups -OCH3 is 1. The minimum absolute atomic E-state index is 0.131. The third-order valence-electron chi connectivity index (χ3n) is 10.0. The van der Waals surface area contributed by atoms with E-state index in [1.165, 1.54) is 19.2 Å². The Bertz CT molecular complexity index is 1580. The smallest absolute Gasteiger partial charge is 0.409 e. The number of hydrogen-bond acceptors (Lipinski definition) is 6. The molecule has 2 bridgehead atoms. The fourth-order valence-electron chi connectivity index (χ4n) is 7.24. The van der Waals surface area contributed by atoms with Crippen LogP contribution in [-0.2, 0) is 31.4 Å². The highest BCUT2D eigenvalue weighted by atomic mass is 35.5. The Hall–Kier alpha value is -3.24. The number of hydrogen-bond donors (Lipinski definition) is 2. The number of rotatable bonds is 8. The number of nitrogens with zero attached hydrogens (tertiary/aromatic N) is 3. The number of nitrogens with one attached hydrogen (secondary N) is 2. The largest absolute Gasteiger partial charge is 0.453 e. The topological polar surface area (TPSA) is 112 Å². The van der Waals surface area contributed by atoms with Gasteiger partial charge in [-0.1, -0.05) is 41.6 Å². The highest BCUT2D eigenvalue weighted by Gasteiger charge is 2.54. The van der Waals surface area contributed by atoms with Crippen LogP contribution in [0.25, 0.3) is 4.85 Å². The first-order valence-electron chi connectivity index (χ1n) is 15.8. The van der Waals surface area contributed by atoms with Gasteiger partial charge in [0.1, 0.15) is 5.82 Å². The van der Waals surface area contributed by atoms with Gasteiger partial charge in [-0.15, -0.1) is 0 Å². The van der Waals surface area contributed by atoms with Crippen molar-refractivity contribution in [1.29, 1.82) is 0 Å². The zero-order valence-electron chi connectivity index (χ0n) is 26.3. The van der Waals surface area contributed by atoms with Gasteiger partial charge in [0.2, 0.25) is 10.0 Å². The predicted octanol–water partition coefficient (Wildman–Crippen LogP) is 4.88. The van der Waals surface area contributed by atoms with Gasteiger partial charge < -0.3 is 20.3 Å². The molecule has 248 valence electrons. The fourth-order valence-corrected chi connectivity index (χ4v) is 9.30. The van der Waals surface area contributed by atoms with Gasteiger partial charge in [-0.05, 0) is 74.3 Å². The summed E-state index contributed by atoms with van der Waals surface area (Å²) in [5.41, 5.74) is 0.594. The summed E-state index contributed by atoms with van der Waals surface area (Å²) in [4.78, 5) is 31.8. The molecule has 3 saturated heterocycles. The standard InChI is InChI=1S/C33H41ClFN5O5S/c1-22-14-19-46(43,44)40-21-29(22)37-20-25(40)6-4-7-26-27(35)8-5-9-28(26)38-31(41)30(36-2)33(23-10-12-24(34)13-11-23)15-17-39(18-16-33)32(42)45-3/h2,5,8-13,22,25,29-30,37H,4,6-7,14-21H2,1,3H3/p+1. The molecule has 3 fully saturated rings. The number of halogens is 2. The number of benzene rings is 2. The minimum atomic E-state index is -3.36. The quantitative estimate of drug-likeness (QED) is 0.413. The van der Waals surface area contributed by atoms with Crippen molar-refractivity contribution >= 4 is 39.3 Å². The van der Waals surface area contributed by atoms with E-state index in [1.807, 2.05) is 12.1 Å². The van der Waals surface area contributed by atoms with E-state index in [0.717, 1.165) is 5.56 Å². The molecule has 3 heterocycles. The Balaban J connectivity index is 1.33. The van der Waals surface area contributed by atoms with Gasteiger partial charge in [-0.25, -0.2) is 17.6 Å².